The van der Waals surface area contributed by atoms with E-state index in [-0.39, 0.29) is 18.2 Å². The van der Waals surface area contributed by atoms with Crippen molar-refractivity contribution in [2.75, 3.05) is 33.5 Å². The number of hydrogen-bond donors (Lipinski definition) is 2. The van der Waals surface area contributed by atoms with Gasteiger partial charge in [-0.25, -0.2) is 13.1 Å². The zero-order valence-corrected chi connectivity index (χ0v) is 11.7. The van der Waals surface area contributed by atoms with E-state index >= 15 is 0 Å². The van der Waals surface area contributed by atoms with E-state index in [1.165, 1.54) is 6.07 Å². The standard InChI is InChI=1S/C11H20N2O5S/c1-16-7-8-17-6-2-5-13-19(14,15)11-4-3-10(9-12)18-11/h3-4,13H,2,5-9,12H2,1H3. The lowest BCUT2D eigenvalue weighted by molar-refractivity contribution is 0.0699. The molecule has 0 atom stereocenters. The van der Waals surface area contributed by atoms with Crippen LogP contribution in [0.1, 0.15) is 12.2 Å². The van der Waals surface area contributed by atoms with E-state index in [2.05, 4.69) is 4.72 Å². The SMILES string of the molecule is COCCOCCCNS(=O)(=O)c1ccc(CN)o1. The first-order valence-corrected chi connectivity index (χ1v) is 7.43. The van der Waals surface area contributed by atoms with Crippen LogP contribution in [0.3, 0.4) is 0 Å². The van der Waals surface area contributed by atoms with Crippen LogP contribution in [-0.2, 0) is 26.0 Å². The number of furan rings is 1. The lowest BCUT2D eigenvalue weighted by atomic mass is 10.5. The lowest BCUT2D eigenvalue weighted by Crippen LogP contribution is -2.25. The Kier molecular flexibility index (Phi) is 7.03. The van der Waals surface area contributed by atoms with Crippen molar-refractivity contribution < 1.29 is 22.3 Å². The average Bonchev–Trinajstić information content (AvgIpc) is 2.87. The molecule has 0 bridgehead atoms. The van der Waals surface area contributed by atoms with Crippen molar-refractivity contribution in [1.82, 2.24) is 4.72 Å². The highest BCUT2D eigenvalue weighted by Crippen LogP contribution is 2.12. The molecule has 1 rings (SSSR count). The largest absolute Gasteiger partial charge is 0.447 e. The van der Waals surface area contributed by atoms with Crippen LogP contribution in [0.15, 0.2) is 21.6 Å². The van der Waals surface area contributed by atoms with Gasteiger partial charge in [-0.05, 0) is 18.6 Å². The minimum atomic E-state index is -3.60. The van der Waals surface area contributed by atoms with Gasteiger partial charge < -0.3 is 19.6 Å². The number of hydrogen-bond acceptors (Lipinski definition) is 6. The number of nitrogens with one attached hydrogen (secondary N) is 1. The number of ether oxygens (including phenoxy) is 2. The topological polar surface area (TPSA) is 104 Å². The Labute approximate surface area is 113 Å². The zero-order valence-electron chi connectivity index (χ0n) is 10.9. The second-order valence-corrected chi connectivity index (χ2v) is 5.48. The summed E-state index contributed by atoms with van der Waals surface area (Å²) in [4.78, 5) is 0. The van der Waals surface area contributed by atoms with Crippen molar-refractivity contribution >= 4 is 10.0 Å². The predicted molar refractivity (Wildman–Crippen MR) is 69.1 cm³/mol. The molecule has 1 aromatic heterocycles. The molecule has 0 unspecified atom stereocenters. The van der Waals surface area contributed by atoms with Crippen LogP contribution in [0.5, 0.6) is 0 Å². The summed E-state index contributed by atoms with van der Waals surface area (Å²) in [5.74, 6) is 0.434. The van der Waals surface area contributed by atoms with Crippen molar-refractivity contribution in [3.8, 4) is 0 Å². The minimum absolute atomic E-state index is 0.117. The van der Waals surface area contributed by atoms with Gasteiger partial charge in [-0.2, -0.15) is 0 Å². The zero-order chi connectivity index (χ0) is 14.1. The van der Waals surface area contributed by atoms with Crippen LogP contribution in [-0.4, -0.2) is 41.9 Å². The van der Waals surface area contributed by atoms with Gasteiger partial charge in [-0.15, -0.1) is 0 Å². The van der Waals surface area contributed by atoms with Gasteiger partial charge in [0.05, 0.1) is 19.8 Å². The van der Waals surface area contributed by atoms with Crippen molar-refractivity contribution in [3.63, 3.8) is 0 Å². The summed E-state index contributed by atoms with van der Waals surface area (Å²) < 4.78 is 41.1. The molecule has 0 aliphatic rings. The smallest absolute Gasteiger partial charge is 0.273 e. The maximum absolute atomic E-state index is 11.8. The molecule has 0 spiro atoms. The Balaban J connectivity index is 2.27. The van der Waals surface area contributed by atoms with E-state index < -0.39 is 10.0 Å². The van der Waals surface area contributed by atoms with E-state index in [0.717, 1.165) is 0 Å². The molecule has 0 saturated carbocycles. The molecule has 8 heteroatoms. The highest BCUT2D eigenvalue weighted by Gasteiger charge is 2.17. The average molecular weight is 292 g/mol. The van der Waals surface area contributed by atoms with Crippen LogP contribution in [0.2, 0.25) is 0 Å². The third-order valence-corrected chi connectivity index (χ3v) is 3.63. The molecule has 0 fully saturated rings. The fourth-order valence-corrected chi connectivity index (χ4v) is 2.33. The number of methoxy groups -OCH3 is 1. The first kappa shape index (κ1) is 16.1. The molecule has 0 radical (unpaired) electrons. The van der Waals surface area contributed by atoms with Crippen molar-refractivity contribution in [1.29, 1.82) is 0 Å². The number of rotatable bonds is 10. The molecule has 0 amide bonds. The van der Waals surface area contributed by atoms with Crippen LogP contribution in [0, 0.1) is 0 Å². The summed E-state index contributed by atoms with van der Waals surface area (Å²) in [6, 6.07) is 2.93. The van der Waals surface area contributed by atoms with E-state index in [1.807, 2.05) is 0 Å². The molecule has 0 saturated heterocycles. The van der Waals surface area contributed by atoms with E-state index in [0.29, 0.717) is 32.0 Å². The molecular weight excluding hydrogens is 272 g/mol. The molecule has 7 nitrogen and oxygen atoms in total. The van der Waals surface area contributed by atoms with Gasteiger partial charge in [0, 0.05) is 20.3 Å². The highest BCUT2D eigenvalue weighted by atomic mass is 32.2. The van der Waals surface area contributed by atoms with Crippen LogP contribution >= 0.6 is 0 Å². The Morgan fingerprint density at radius 1 is 1.32 bits per heavy atom. The van der Waals surface area contributed by atoms with E-state index in [1.54, 1.807) is 13.2 Å². The third-order valence-electron chi connectivity index (χ3n) is 2.29. The maximum Gasteiger partial charge on any atom is 0.273 e. The molecule has 1 aromatic rings. The normalized spacial score (nSPS) is 11.9. The molecule has 0 aliphatic carbocycles. The Morgan fingerprint density at radius 3 is 2.74 bits per heavy atom. The lowest BCUT2D eigenvalue weighted by Gasteiger charge is -2.05. The molecule has 19 heavy (non-hydrogen) atoms. The monoisotopic (exact) mass is 292 g/mol. The molecule has 0 aromatic carbocycles. The van der Waals surface area contributed by atoms with Gasteiger partial charge in [0.25, 0.3) is 10.0 Å². The molecule has 1 heterocycles. The summed E-state index contributed by atoms with van der Waals surface area (Å²) in [6.07, 6.45) is 0.577. The fraction of sp³-hybridized carbons (Fsp3) is 0.636. The quantitative estimate of drug-likeness (QED) is 0.591. The summed E-state index contributed by atoms with van der Waals surface area (Å²) in [5, 5.41) is -0.117. The second-order valence-electron chi connectivity index (χ2n) is 3.78. The number of nitrogens with two attached hydrogens (primary N) is 1. The van der Waals surface area contributed by atoms with Crippen LogP contribution in [0.25, 0.3) is 0 Å². The number of sulfonamides is 1. The molecule has 110 valence electrons. The first-order chi connectivity index (χ1) is 9.10. The third kappa shape index (κ3) is 5.70. The van der Waals surface area contributed by atoms with Crippen molar-refractivity contribution in [3.05, 3.63) is 17.9 Å². The van der Waals surface area contributed by atoms with Gasteiger partial charge >= 0.3 is 0 Å². The highest BCUT2D eigenvalue weighted by molar-refractivity contribution is 7.89. The Hall–Kier alpha value is -0.930. The van der Waals surface area contributed by atoms with Crippen molar-refractivity contribution in [2.24, 2.45) is 5.73 Å². The molecule has 3 N–H and O–H groups in total. The van der Waals surface area contributed by atoms with Crippen LogP contribution < -0.4 is 10.5 Å². The Bertz CT molecular complexity index is 457. The maximum atomic E-state index is 11.8. The van der Waals surface area contributed by atoms with Gasteiger partial charge in [-0.1, -0.05) is 0 Å². The first-order valence-electron chi connectivity index (χ1n) is 5.95. The summed E-state index contributed by atoms with van der Waals surface area (Å²) in [6.45, 7) is 1.95. The molecule has 0 aliphatic heterocycles. The second kappa shape index (κ2) is 8.28. The van der Waals surface area contributed by atoms with Gasteiger partial charge in [0.2, 0.25) is 5.09 Å². The van der Waals surface area contributed by atoms with Gasteiger partial charge in [-0.3, -0.25) is 0 Å². The van der Waals surface area contributed by atoms with Crippen molar-refractivity contribution in [2.45, 2.75) is 18.1 Å². The predicted octanol–water partition coefficient (Wildman–Crippen LogP) is 0.0697. The van der Waals surface area contributed by atoms with Crippen LogP contribution in [0.4, 0.5) is 0 Å². The molecular formula is C11H20N2O5S. The van der Waals surface area contributed by atoms with E-state index in [4.69, 9.17) is 19.6 Å². The summed E-state index contributed by atoms with van der Waals surface area (Å²) in [7, 11) is -2.01. The van der Waals surface area contributed by atoms with E-state index in [9.17, 15) is 8.42 Å². The summed E-state index contributed by atoms with van der Waals surface area (Å²) >= 11 is 0. The fourth-order valence-electron chi connectivity index (χ4n) is 1.31. The van der Waals surface area contributed by atoms with Gasteiger partial charge in [0.15, 0.2) is 0 Å². The van der Waals surface area contributed by atoms with Gasteiger partial charge in [0.1, 0.15) is 5.76 Å². The summed E-state index contributed by atoms with van der Waals surface area (Å²) in [5.41, 5.74) is 5.35. The Morgan fingerprint density at radius 2 is 2.11 bits per heavy atom. The minimum Gasteiger partial charge on any atom is -0.447 e.